The molecule has 1 unspecified atom stereocenters. The van der Waals surface area contributed by atoms with Gasteiger partial charge in [-0.05, 0) is 18.9 Å². The zero-order valence-electron chi connectivity index (χ0n) is 10.8. The lowest BCUT2D eigenvalue weighted by molar-refractivity contribution is -0.141. The van der Waals surface area contributed by atoms with E-state index in [0.717, 1.165) is 6.42 Å². The molecule has 0 saturated heterocycles. The van der Waals surface area contributed by atoms with Gasteiger partial charge in [0.25, 0.3) is 0 Å². The third-order valence-electron chi connectivity index (χ3n) is 2.92. The predicted octanol–water partition coefficient (Wildman–Crippen LogP) is 2.68. The van der Waals surface area contributed by atoms with E-state index in [2.05, 4.69) is 31.3 Å². The third-order valence-corrected chi connectivity index (χ3v) is 2.92. The maximum Gasteiger partial charge on any atom is 0.307 e. The highest BCUT2D eigenvalue weighted by molar-refractivity contribution is 5.69. The van der Waals surface area contributed by atoms with Crippen LogP contribution in [0.1, 0.15) is 38.3 Å². The lowest BCUT2D eigenvalue weighted by atomic mass is 10.1. The Bertz CT molecular complexity index is 337. The first-order valence-electron chi connectivity index (χ1n) is 6.05. The van der Waals surface area contributed by atoms with E-state index < -0.39 is 0 Å². The largest absolute Gasteiger partial charge is 0.469 e. The zero-order chi connectivity index (χ0) is 12.7. The number of methoxy groups -OCH3 is 1. The van der Waals surface area contributed by atoms with Gasteiger partial charge >= 0.3 is 5.97 Å². The van der Waals surface area contributed by atoms with Crippen LogP contribution in [-0.2, 0) is 9.53 Å². The molecule has 0 spiro atoms. The van der Waals surface area contributed by atoms with Crippen LogP contribution in [0, 0.1) is 0 Å². The molecule has 3 nitrogen and oxygen atoms in total. The minimum absolute atomic E-state index is 0.162. The van der Waals surface area contributed by atoms with Gasteiger partial charge in [0.05, 0.1) is 13.5 Å². The Kier molecular flexibility index (Phi) is 5.70. The number of nitrogens with one attached hydrogen (secondary N) is 1. The number of hydrogen-bond donors (Lipinski definition) is 1. The van der Waals surface area contributed by atoms with Crippen LogP contribution in [0.5, 0.6) is 0 Å². The lowest BCUT2D eigenvalue weighted by Gasteiger charge is -2.21. The van der Waals surface area contributed by atoms with E-state index >= 15 is 0 Å². The van der Waals surface area contributed by atoms with Crippen molar-refractivity contribution in [1.82, 2.24) is 5.32 Å². The van der Waals surface area contributed by atoms with Crippen molar-refractivity contribution in [3.63, 3.8) is 0 Å². The van der Waals surface area contributed by atoms with Crippen LogP contribution in [0.3, 0.4) is 0 Å². The van der Waals surface area contributed by atoms with Crippen LogP contribution in [0.2, 0.25) is 0 Å². The Labute approximate surface area is 103 Å². The highest BCUT2D eigenvalue weighted by Gasteiger charge is 2.15. The molecule has 1 N–H and O–H groups in total. The molecule has 0 saturated carbocycles. The Morgan fingerprint density at radius 1 is 1.35 bits per heavy atom. The molecule has 17 heavy (non-hydrogen) atoms. The van der Waals surface area contributed by atoms with Crippen molar-refractivity contribution in [3.05, 3.63) is 35.9 Å². The number of hydrogen-bond acceptors (Lipinski definition) is 3. The fourth-order valence-corrected chi connectivity index (χ4v) is 1.80. The number of esters is 1. The van der Waals surface area contributed by atoms with Gasteiger partial charge in [0.2, 0.25) is 0 Å². The van der Waals surface area contributed by atoms with E-state index in [-0.39, 0.29) is 18.1 Å². The van der Waals surface area contributed by atoms with Crippen LogP contribution in [0.4, 0.5) is 0 Å². The monoisotopic (exact) mass is 235 g/mol. The first kappa shape index (κ1) is 13.7. The fraction of sp³-hybridized carbons (Fsp3) is 0.500. The maximum absolute atomic E-state index is 11.2. The minimum atomic E-state index is -0.162. The van der Waals surface area contributed by atoms with Crippen molar-refractivity contribution >= 4 is 5.97 Å². The van der Waals surface area contributed by atoms with Crippen LogP contribution in [-0.4, -0.2) is 19.1 Å². The summed E-state index contributed by atoms with van der Waals surface area (Å²) < 4.78 is 4.69. The quantitative estimate of drug-likeness (QED) is 0.770. The molecule has 0 bridgehead atoms. The van der Waals surface area contributed by atoms with Gasteiger partial charge < -0.3 is 10.1 Å². The Balaban J connectivity index is 2.53. The molecule has 0 aromatic heterocycles. The molecule has 0 aliphatic carbocycles. The molecule has 1 aromatic carbocycles. The van der Waals surface area contributed by atoms with E-state index in [1.807, 2.05) is 18.2 Å². The summed E-state index contributed by atoms with van der Waals surface area (Å²) in [4.78, 5) is 11.2. The van der Waals surface area contributed by atoms with Crippen LogP contribution >= 0.6 is 0 Å². The van der Waals surface area contributed by atoms with Crippen LogP contribution in [0.25, 0.3) is 0 Å². The van der Waals surface area contributed by atoms with Gasteiger partial charge in [0.1, 0.15) is 0 Å². The Morgan fingerprint density at radius 2 is 2.00 bits per heavy atom. The van der Waals surface area contributed by atoms with Crippen molar-refractivity contribution in [2.24, 2.45) is 0 Å². The van der Waals surface area contributed by atoms with Crippen molar-refractivity contribution in [1.29, 1.82) is 0 Å². The second kappa shape index (κ2) is 7.07. The molecular weight excluding hydrogens is 214 g/mol. The Hall–Kier alpha value is -1.35. The summed E-state index contributed by atoms with van der Waals surface area (Å²) >= 11 is 0. The summed E-state index contributed by atoms with van der Waals surface area (Å²) in [5, 5.41) is 3.45. The molecular formula is C14H21NO2. The number of benzene rings is 1. The molecule has 0 amide bonds. The van der Waals surface area contributed by atoms with Crippen LogP contribution < -0.4 is 5.32 Å². The highest BCUT2D eigenvalue weighted by atomic mass is 16.5. The average Bonchev–Trinajstić information content (AvgIpc) is 2.38. The van der Waals surface area contributed by atoms with Gasteiger partial charge in [0.15, 0.2) is 0 Å². The molecule has 0 aliphatic rings. The molecule has 94 valence electrons. The summed E-state index contributed by atoms with van der Waals surface area (Å²) in [5.41, 5.74) is 1.23. The van der Waals surface area contributed by atoms with Crippen molar-refractivity contribution in [2.45, 2.75) is 38.8 Å². The maximum atomic E-state index is 11.2. The Morgan fingerprint density at radius 3 is 2.53 bits per heavy atom. The molecule has 1 rings (SSSR count). The standard InChI is InChI=1S/C14H21NO2/c1-4-13(10-14(16)17-3)15-11(2)12-8-6-5-7-9-12/h5-9,11,13,15H,4,10H2,1-3H3/t11?,13-/m1/s1. The second-order valence-electron chi connectivity index (χ2n) is 4.18. The summed E-state index contributed by atoms with van der Waals surface area (Å²) in [7, 11) is 1.43. The normalized spacial score (nSPS) is 14.1. The number of rotatable bonds is 6. The molecule has 2 atom stereocenters. The predicted molar refractivity (Wildman–Crippen MR) is 68.7 cm³/mol. The van der Waals surface area contributed by atoms with E-state index in [1.54, 1.807) is 0 Å². The molecule has 0 aliphatic heterocycles. The molecule has 3 heteroatoms. The number of carbonyl (C=O) groups is 1. The van der Waals surface area contributed by atoms with E-state index in [4.69, 9.17) is 4.74 Å². The van der Waals surface area contributed by atoms with Crippen molar-refractivity contribution in [3.8, 4) is 0 Å². The molecule has 0 heterocycles. The van der Waals surface area contributed by atoms with Gasteiger partial charge in [-0.1, -0.05) is 37.3 Å². The summed E-state index contributed by atoms with van der Waals surface area (Å²) in [6.45, 7) is 4.17. The van der Waals surface area contributed by atoms with Gasteiger partial charge in [0, 0.05) is 12.1 Å². The van der Waals surface area contributed by atoms with Gasteiger partial charge in [-0.2, -0.15) is 0 Å². The topological polar surface area (TPSA) is 38.3 Å². The molecule has 0 fully saturated rings. The highest BCUT2D eigenvalue weighted by Crippen LogP contribution is 2.14. The SMILES string of the molecule is CC[C@H](CC(=O)OC)NC(C)c1ccccc1. The van der Waals surface area contributed by atoms with Gasteiger partial charge in [-0.3, -0.25) is 4.79 Å². The van der Waals surface area contributed by atoms with E-state index in [1.165, 1.54) is 12.7 Å². The third kappa shape index (κ3) is 4.57. The zero-order valence-corrected chi connectivity index (χ0v) is 10.8. The number of ether oxygens (including phenoxy) is 1. The first-order chi connectivity index (χ1) is 8.17. The van der Waals surface area contributed by atoms with E-state index in [0.29, 0.717) is 6.42 Å². The summed E-state index contributed by atoms with van der Waals surface area (Å²) in [5.74, 6) is -0.162. The summed E-state index contributed by atoms with van der Waals surface area (Å²) in [6, 6.07) is 10.6. The summed E-state index contributed by atoms with van der Waals surface area (Å²) in [6.07, 6.45) is 1.33. The smallest absolute Gasteiger partial charge is 0.307 e. The minimum Gasteiger partial charge on any atom is -0.469 e. The van der Waals surface area contributed by atoms with Crippen molar-refractivity contribution < 1.29 is 9.53 Å². The van der Waals surface area contributed by atoms with E-state index in [9.17, 15) is 4.79 Å². The van der Waals surface area contributed by atoms with Gasteiger partial charge in [-0.15, -0.1) is 0 Å². The molecule has 0 radical (unpaired) electrons. The second-order valence-corrected chi connectivity index (χ2v) is 4.18. The first-order valence-corrected chi connectivity index (χ1v) is 6.05. The fourth-order valence-electron chi connectivity index (χ4n) is 1.80. The van der Waals surface area contributed by atoms with Crippen molar-refractivity contribution in [2.75, 3.05) is 7.11 Å². The number of carbonyl (C=O) groups excluding carboxylic acids is 1. The molecule has 1 aromatic rings. The lowest BCUT2D eigenvalue weighted by Crippen LogP contribution is -2.33. The van der Waals surface area contributed by atoms with Crippen LogP contribution in [0.15, 0.2) is 30.3 Å². The van der Waals surface area contributed by atoms with Gasteiger partial charge in [-0.25, -0.2) is 0 Å². The average molecular weight is 235 g/mol.